The van der Waals surface area contributed by atoms with Crippen LogP contribution >= 0.6 is 0 Å². The van der Waals surface area contributed by atoms with E-state index < -0.39 is 0 Å². The van der Waals surface area contributed by atoms with Gasteiger partial charge in [0.15, 0.2) is 5.82 Å². The molecular weight excluding hydrogens is 266 g/mol. The molecule has 5 heteroatoms. The van der Waals surface area contributed by atoms with Crippen molar-refractivity contribution in [3.8, 4) is 5.75 Å². The van der Waals surface area contributed by atoms with Crippen molar-refractivity contribution in [1.82, 2.24) is 9.97 Å². The Hall–Kier alpha value is -2.82. The van der Waals surface area contributed by atoms with E-state index in [2.05, 4.69) is 39.6 Å². The van der Waals surface area contributed by atoms with Gasteiger partial charge >= 0.3 is 0 Å². The van der Waals surface area contributed by atoms with Crippen molar-refractivity contribution >= 4 is 16.6 Å². The minimum atomic E-state index is -0.298. The van der Waals surface area contributed by atoms with Gasteiger partial charge in [0, 0.05) is 6.54 Å². The topological polar surface area (TPSA) is 67.0 Å². The quantitative estimate of drug-likeness (QED) is 0.771. The van der Waals surface area contributed by atoms with Crippen molar-refractivity contribution in [1.29, 1.82) is 0 Å². The highest BCUT2D eigenvalue weighted by Gasteiger charge is 2.09. The molecule has 0 fully saturated rings. The fourth-order valence-corrected chi connectivity index (χ4v) is 2.33. The number of rotatable bonds is 4. The predicted molar refractivity (Wildman–Crippen MR) is 82.7 cm³/mol. The molecule has 5 nitrogen and oxygen atoms in total. The fraction of sp³-hybridized carbons (Fsp3) is 0.125. The summed E-state index contributed by atoms with van der Waals surface area (Å²) in [6, 6.07) is 14.3. The minimum Gasteiger partial charge on any atom is -0.489 e. The molecule has 3 rings (SSSR count). The van der Waals surface area contributed by atoms with Crippen LogP contribution in [0.15, 0.2) is 53.6 Å². The third kappa shape index (κ3) is 2.58. The summed E-state index contributed by atoms with van der Waals surface area (Å²) < 4.78 is 5.08. The average molecular weight is 281 g/mol. The van der Waals surface area contributed by atoms with Gasteiger partial charge in [-0.3, -0.25) is 4.79 Å². The van der Waals surface area contributed by atoms with E-state index in [-0.39, 0.29) is 11.3 Å². The number of fused-ring (bicyclic) bond motifs is 1. The number of methoxy groups -OCH3 is 1. The normalized spacial score (nSPS) is 10.5. The Morgan fingerprint density at radius 2 is 2.00 bits per heavy atom. The molecule has 0 radical (unpaired) electrons. The number of anilines is 1. The third-order valence-corrected chi connectivity index (χ3v) is 3.34. The molecule has 0 saturated heterocycles. The Morgan fingerprint density at radius 3 is 2.86 bits per heavy atom. The molecule has 21 heavy (non-hydrogen) atoms. The van der Waals surface area contributed by atoms with Crippen molar-refractivity contribution in [2.24, 2.45) is 0 Å². The first kappa shape index (κ1) is 13.2. The maximum absolute atomic E-state index is 11.6. The van der Waals surface area contributed by atoms with Crippen LogP contribution in [0.4, 0.5) is 5.82 Å². The summed E-state index contributed by atoms with van der Waals surface area (Å²) in [7, 11) is 1.45. The molecule has 3 aromatic rings. The summed E-state index contributed by atoms with van der Waals surface area (Å²) >= 11 is 0. The summed E-state index contributed by atoms with van der Waals surface area (Å²) in [4.78, 5) is 18.2. The molecular formula is C16H15N3O2. The first-order chi connectivity index (χ1) is 10.3. The van der Waals surface area contributed by atoms with Crippen LogP contribution in [0.25, 0.3) is 10.8 Å². The third-order valence-electron chi connectivity index (χ3n) is 3.34. The maximum atomic E-state index is 11.6. The Balaban J connectivity index is 1.91. The number of aromatic nitrogens is 2. The Bertz CT molecular complexity index is 822. The number of nitrogens with one attached hydrogen (secondary N) is 2. The van der Waals surface area contributed by atoms with Crippen molar-refractivity contribution in [3.05, 3.63) is 64.7 Å². The highest BCUT2D eigenvalue weighted by molar-refractivity contribution is 5.85. The SMILES string of the molecule is COc1c(NCc2cccc3ccccc23)nc[nH]c1=O. The molecule has 106 valence electrons. The van der Waals surface area contributed by atoms with Crippen LogP contribution in [-0.4, -0.2) is 17.1 Å². The summed E-state index contributed by atoms with van der Waals surface area (Å²) in [6.07, 6.45) is 1.36. The molecule has 0 unspecified atom stereocenters. The molecule has 0 aliphatic heterocycles. The number of nitrogens with zero attached hydrogens (tertiary/aromatic N) is 1. The number of aromatic amines is 1. The molecule has 0 bridgehead atoms. The van der Waals surface area contributed by atoms with Gasteiger partial charge in [-0.15, -0.1) is 0 Å². The number of hydrogen-bond donors (Lipinski definition) is 2. The molecule has 2 aromatic carbocycles. The van der Waals surface area contributed by atoms with Gasteiger partial charge in [-0.25, -0.2) is 4.98 Å². The van der Waals surface area contributed by atoms with E-state index >= 15 is 0 Å². The summed E-state index contributed by atoms with van der Waals surface area (Å²) in [6.45, 7) is 0.564. The lowest BCUT2D eigenvalue weighted by molar-refractivity contribution is 0.408. The molecule has 1 aromatic heterocycles. The van der Waals surface area contributed by atoms with E-state index in [0.717, 1.165) is 5.56 Å². The second-order valence-corrected chi connectivity index (χ2v) is 4.61. The summed E-state index contributed by atoms with van der Waals surface area (Å²) in [5, 5.41) is 5.52. The van der Waals surface area contributed by atoms with Gasteiger partial charge in [0.05, 0.1) is 13.4 Å². The lowest BCUT2D eigenvalue weighted by Gasteiger charge is -2.10. The number of hydrogen-bond acceptors (Lipinski definition) is 4. The van der Waals surface area contributed by atoms with Crippen LogP contribution in [0.3, 0.4) is 0 Å². The zero-order chi connectivity index (χ0) is 14.7. The van der Waals surface area contributed by atoms with Crippen LogP contribution in [0.5, 0.6) is 5.75 Å². The fourth-order valence-electron chi connectivity index (χ4n) is 2.33. The monoisotopic (exact) mass is 281 g/mol. The zero-order valence-corrected chi connectivity index (χ0v) is 11.6. The Labute approximate surface area is 121 Å². The molecule has 0 spiro atoms. The zero-order valence-electron chi connectivity index (χ0n) is 11.6. The lowest BCUT2D eigenvalue weighted by atomic mass is 10.0. The lowest BCUT2D eigenvalue weighted by Crippen LogP contribution is -2.14. The second kappa shape index (κ2) is 5.66. The molecule has 2 N–H and O–H groups in total. The summed E-state index contributed by atoms with van der Waals surface area (Å²) in [5.41, 5.74) is 0.838. The molecule has 0 amide bonds. The Kier molecular flexibility index (Phi) is 3.55. The van der Waals surface area contributed by atoms with Crippen LogP contribution in [-0.2, 0) is 6.54 Å². The molecule has 0 atom stereocenters. The van der Waals surface area contributed by atoms with Crippen molar-refractivity contribution in [3.63, 3.8) is 0 Å². The molecule has 0 aliphatic carbocycles. The molecule has 0 saturated carbocycles. The Morgan fingerprint density at radius 1 is 1.19 bits per heavy atom. The van der Waals surface area contributed by atoms with Gasteiger partial charge in [0.25, 0.3) is 5.56 Å². The van der Waals surface area contributed by atoms with E-state index in [1.165, 1.54) is 24.2 Å². The van der Waals surface area contributed by atoms with Gasteiger partial charge in [-0.1, -0.05) is 42.5 Å². The van der Waals surface area contributed by atoms with E-state index in [1.807, 2.05) is 18.2 Å². The van der Waals surface area contributed by atoms with Gasteiger partial charge in [0.2, 0.25) is 5.75 Å². The van der Waals surface area contributed by atoms with Gasteiger partial charge < -0.3 is 15.0 Å². The summed E-state index contributed by atoms with van der Waals surface area (Å²) in [5.74, 6) is 0.631. The first-order valence-electron chi connectivity index (χ1n) is 6.62. The second-order valence-electron chi connectivity index (χ2n) is 4.61. The van der Waals surface area contributed by atoms with E-state index in [1.54, 1.807) is 0 Å². The molecule has 0 aliphatic rings. The maximum Gasteiger partial charge on any atom is 0.295 e. The first-order valence-corrected chi connectivity index (χ1v) is 6.62. The smallest absolute Gasteiger partial charge is 0.295 e. The predicted octanol–water partition coefficient (Wildman–Crippen LogP) is 2.54. The van der Waals surface area contributed by atoms with Crippen LogP contribution < -0.4 is 15.6 Å². The van der Waals surface area contributed by atoms with Gasteiger partial charge in [-0.2, -0.15) is 0 Å². The van der Waals surface area contributed by atoms with Crippen molar-refractivity contribution < 1.29 is 4.74 Å². The minimum absolute atomic E-state index is 0.192. The highest BCUT2D eigenvalue weighted by Crippen LogP contribution is 2.21. The van der Waals surface area contributed by atoms with Crippen LogP contribution in [0.1, 0.15) is 5.56 Å². The number of H-pyrrole nitrogens is 1. The van der Waals surface area contributed by atoms with Gasteiger partial charge in [0.1, 0.15) is 0 Å². The van der Waals surface area contributed by atoms with Gasteiger partial charge in [-0.05, 0) is 16.3 Å². The van der Waals surface area contributed by atoms with E-state index in [4.69, 9.17) is 4.74 Å². The average Bonchev–Trinajstić information content (AvgIpc) is 2.53. The van der Waals surface area contributed by atoms with Crippen LogP contribution in [0, 0.1) is 0 Å². The van der Waals surface area contributed by atoms with E-state index in [9.17, 15) is 4.79 Å². The van der Waals surface area contributed by atoms with Crippen molar-refractivity contribution in [2.45, 2.75) is 6.54 Å². The largest absolute Gasteiger partial charge is 0.489 e. The van der Waals surface area contributed by atoms with Crippen LogP contribution in [0.2, 0.25) is 0 Å². The van der Waals surface area contributed by atoms with E-state index in [0.29, 0.717) is 12.4 Å². The van der Waals surface area contributed by atoms with Crippen molar-refractivity contribution in [2.75, 3.05) is 12.4 Å². The molecule has 1 heterocycles. The highest BCUT2D eigenvalue weighted by atomic mass is 16.5. The standard InChI is InChI=1S/C16H15N3O2/c1-21-14-15(18-10-19-16(14)20)17-9-12-7-4-6-11-5-2-3-8-13(11)12/h2-8,10H,9H2,1H3,(H2,17,18,19,20). The number of ether oxygens (including phenoxy) is 1. The number of benzene rings is 2.